The molecule has 0 unspecified atom stereocenters. The quantitative estimate of drug-likeness (QED) is 0.862. The monoisotopic (exact) mass is 344 g/mol. The summed E-state index contributed by atoms with van der Waals surface area (Å²) in [6.07, 6.45) is 1.19. The van der Waals surface area contributed by atoms with E-state index < -0.39 is 0 Å². The number of hydrogen-bond acceptors (Lipinski definition) is 2. The minimum absolute atomic E-state index is 0.149. The first-order valence-electron chi connectivity index (χ1n) is 7.43. The highest BCUT2D eigenvalue weighted by Gasteiger charge is 2.33. The third kappa shape index (κ3) is 2.17. The van der Waals surface area contributed by atoms with E-state index in [2.05, 4.69) is 21.2 Å². The summed E-state index contributed by atoms with van der Waals surface area (Å²) in [6.45, 7) is 2.83. The van der Waals surface area contributed by atoms with E-state index in [4.69, 9.17) is 0 Å². The third-order valence-electron chi connectivity index (χ3n) is 4.64. The van der Waals surface area contributed by atoms with Crippen molar-refractivity contribution in [1.82, 2.24) is 9.88 Å². The average Bonchev–Trinajstić information content (AvgIpc) is 2.51. The minimum Gasteiger partial charge on any atom is -0.316 e. The number of nitrogens with one attached hydrogen (secondary N) is 1. The molecule has 0 spiro atoms. The lowest BCUT2D eigenvalue weighted by molar-refractivity contribution is 0.256. The molecule has 3 heterocycles. The number of piperidine rings is 1. The van der Waals surface area contributed by atoms with E-state index in [1.807, 2.05) is 41.0 Å². The first-order chi connectivity index (χ1) is 10.2. The number of benzene rings is 1. The lowest BCUT2D eigenvalue weighted by Crippen LogP contribution is -2.45. The van der Waals surface area contributed by atoms with Crippen molar-refractivity contribution in [2.45, 2.75) is 18.9 Å². The van der Waals surface area contributed by atoms with Crippen LogP contribution in [-0.4, -0.2) is 17.7 Å². The molecule has 1 saturated heterocycles. The fourth-order valence-electron chi connectivity index (χ4n) is 3.70. The van der Waals surface area contributed by atoms with Gasteiger partial charge < -0.3 is 9.88 Å². The van der Waals surface area contributed by atoms with Crippen LogP contribution in [0.3, 0.4) is 0 Å². The molecular weight excluding hydrogens is 328 g/mol. The first kappa shape index (κ1) is 13.3. The number of halogens is 1. The molecule has 3 nitrogen and oxygen atoms in total. The molecule has 108 valence electrons. The van der Waals surface area contributed by atoms with Crippen molar-refractivity contribution in [2.24, 2.45) is 5.92 Å². The molecule has 2 bridgehead atoms. The van der Waals surface area contributed by atoms with Crippen molar-refractivity contribution in [2.75, 3.05) is 13.1 Å². The normalized spacial score (nSPS) is 23.7. The fraction of sp³-hybridized carbons (Fsp3) is 0.353. The van der Waals surface area contributed by atoms with Crippen LogP contribution in [0.15, 0.2) is 45.7 Å². The van der Waals surface area contributed by atoms with E-state index in [0.29, 0.717) is 11.8 Å². The molecule has 2 aliphatic heterocycles. The van der Waals surface area contributed by atoms with Gasteiger partial charge in [0, 0.05) is 34.7 Å². The van der Waals surface area contributed by atoms with Gasteiger partial charge in [-0.25, -0.2) is 0 Å². The smallest absolute Gasteiger partial charge is 0.258 e. The van der Waals surface area contributed by atoms with Gasteiger partial charge in [-0.1, -0.05) is 30.3 Å². The maximum Gasteiger partial charge on any atom is 0.258 e. The van der Waals surface area contributed by atoms with Crippen molar-refractivity contribution in [1.29, 1.82) is 0 Å². The Hall–Kier alpha value is -1.39. The predicted molar refractivity (Wildman–Crippen MR) is 87.6 cm³/mol. The van der Waals surface area contributed by atoms with E-state index in [9.17, 15) is 4.79 Å². The van der Waals surface area contributed by atoms with Gasteiger partial charge in [0.2, 0.25) is 0 Å². The van der Waals surface area contributed by atoms with Gasteiger partial charge in [-0.15, -0.1) is 0 Å². The topological polar surface area (TPSA) is 34.0 Å². The largest absolute Gasteiger partial charge is 0.316 e. The van der Waals surface area contributed by atoms with Crippen LogP contribution in [0, 0.1) is 5.92 Å². The summed E-state index contributed by atoms with van der Waals surface area (Å²) in [5.74, 6) is 1.02. The van der Waals surface area contributed by atoms with Gasteiger partial charge >= 0.3 is 0 Å². The minimum atomic E-state index is 0.149. The van der Waals surface area contributed by atoms with Crippen LogP contribution in [0.5, 0.6) is 0 Å². The highest BCUT2D eigenvalue weighted by atomic mass is 79.9. The number of aromatic nitrogens is 1. The SMILES string of the molecule is O=c1c(-c2ccccc2)cc(Br)c2n1C[C@@H]1CNC[C@H]2C1. The van der Waals surface area contributed by atoms with Crippen LogP contribution in [0.2, 0.25) is 0 Å². The van der Waals surface area contributed by atoms with E-state index in [-0.39, 0.29) is 5.56 Å². The Balaban J connectivity index is 1.92. The zero-order valence-electron chi connectivity index (χ0n) is 11.7. The van der Waals surface area contributed by atoms with Gasteiger partial charge in [0.15, 0.2) is 0 Å². The molecule has 21 heavy (non-hydrogen) atoms. The lowest BCUT2D eigenvalue weighted by atomic mass is 9.84. The molecule has 2 atom stereocenters. The van der Waals surface area contributed by atoms with Crippen molar-refractivity contribution in [3.05, 3.63) is 56.9 Å². The number of hydrogen-bond donors (Lipinski definition) is 1. The fourth-order valence-corrected chi connectivity index (χ4v) is 4.47. The second-order valence-corrected chi connectivity index (χ2v) is 6.88. The summed E-state index contributed by atoms with van der Waals surface area (Å²) < 4.78 is 3.07. The highest BCUT2D eigenvalue weighted by Crippen LogP contribution is 2.37. The Morgan fingerprint density at radius 1 is 1.19 bits per heavy atom. The van der Waals surface area contributed by atoms with Gasteiger partial charge in [-0.2, -0.15) is 0 Å². The Morgan fingerprint density at radius 2 is 2.00 bits per heavy atom. The summed E-state index contributed by atoms with van der Waals surface area (Å²) in [6, 6.07) is 11.9. The summed E-state index contributed by atoms with van der Waals surface area (Å²) >= 11 is 3.70. The van der Waals surface area contributed by atoms with Crippen LogP contribution in [0.4, 0.5) is 0 Å². The van der Waals surface area contributed by atoms with Crippen LogP contribution in [0.1, 0.15) is 18.0 Å². The Kier molecular flexibility index (Phi) is 3.23. The molecule has 0 saturated carbocycles. The molecular formula is C17H17BrN2O. The molecule has 0 radical (unpaired) electrons. The molecule has 1 N–H and O–H groups in total. The number of nitrogens with zero attached hydrogens (tertiary/aromatic N) is 1. The van der Waals surface area contributed by atoms with Gasteiger partial charge in [-0.3, -0.25) is 4.79 Å². The molecule has 1 fully saturated rings. The Morgan fingerprint density at radius 3 is 2.81 bits per heavy atom. The van der Waals surface area contributed by atoms with Crippen LogP contribution < -0.4 is 10.9 Å². The second-order valence-electron chi connectivity index (χ2n) is 6.03. The lowest BCUT2D eigenvalue weighted by Gasteiger charge is -2.38. The van der Waals surface area contributed by atoms with Crippen molar-refractivity contribution in [3.8, 4) is 11.1 Å². The Labute approximate surface area is 132 Å². The average molecular weight is 345 g/mol. The van der Waals surface area contributed by atoms with Crippen LogP contribution in [-0.2, 0) is 6.54 Å². The summed E-state index contributed by atoms with van der Waals surface area (Å²) in [7, 11) is 0. The zero-order chi connectivity index (χ0) is 14.4. The molecule has 4 heteroatoms. The van der Waals surface area contributed by atoms with E-state index >= 15 is 0 Å². The van der Waals surface area contributed by atoms with E-state index in [1.165, 1.54) is 12.1 Å². The molecule has 0 amide bonds. The number of fused-ring (bicyclic) bond motifs is 4. The molecule has 2 aliphatic rings. The molecule has 0 aliphatic carbocycles. The van der Waals surface area contributed by atoms with Gasteiger partial charge in [0.05, 0.1) is 0 Å². The van der Waals surface area contributed by atoms with Gasteiger partial charge in [0.1, 0.15) is 0 Å². The van der Waals surface area contributed by atoms with Crippen LogP contribution >= 0.6 is 15.9 Å². The predicted octanol–water partition coefficient (Wildman–Crippen LogP) is 2.98. The third-order valence-corrected chi connectivity index (χ3v) is 5.27. The second kappa shape index (κ2) is 5.11. The van der Waals surface area contributed by atoms with Gasteiger partial charge in [0.25, 0.3) is 5.56 Å². The number of rotatable bonds is 1. The van der Waals surface area contributed by atoms with Crippen molar-refractivity contribution < 1.29 is 0 Å². The van der Waals surface area contributed by atoms with Gasteiger partial charge in [-0.05, 0) is 46.4 Å². The molecule has 1 aromatic carbocycles. The summed E-state index contributed by atoms with van der Waals surface area (Å²) in [4.78, 5) is 12.9. The zero-order valence-corrected chi connectivity index (χ0v) is 13.3. The summed E-state index contributed by atoms with van der Waals surface area (Å²) in [5.41, 5.74) is 3.10. The maximum absolute atomic E-state index is 12.9. The Bertz CT molecular complexity index is 738. The number of pyridine rings is 1. The van der Waals surface area contributed by atoms with Crippen molar-refractivity contribution in [3.63, 3.8) is 0 Å². The first-order valence-corrected chi connectivity index (χ1v) is 8.22. The van der Waals surface area contributed by atoms with Crippen LogP contribution in [0.25, 0.3) is 11.1 Å². The van der Waals surface area contributed by atoms with Crippen molar-refractivity contribution >= 4 is 15.9 Å². The highest BCUT2D eigenvalue weighted by molar-refractivity contribution is 9.10. The molecule has 4 rings (SSSR count). The van der Waals surface area contributed by atoms with E-state index in [0.717, 1.165) is 35.2 Å². The summed E-state index contributed by atoms with van der Waals surface area (Å²) in [5, 5.41) is 3.48. The molecule has 1 aromatic heterocycles. The standard InChI is InChI=1S/C17H17BrN2O/c18-15-7-14(12-4-2-1-3-5-12)17(21)20-10-11-6-13(16(15)20)9-19-8-11/h1-5,7,11,13,19H,6,8-10H2/t11-,13+/m0/s1. The van der Waals surface area contributed by atoms with E-state index in [1.54, 1.807) is 0 Å². The maximum atomic E-state index is 12.9. The molecule has 2 aromatic rings.